The highest BCUT2D eigenvalue weighted by Crippen LogP contribution is 2.16. The third-order valence-electron chi connectivity index (χ3n) is 3.13. The Kier molecular flexibility index (Phi) is 5.34. The number of anilines is 3. The molecule has 0 bridgehead atoms. The lowest BCUT2D eigenvalue weighted by Gasteiger charge is -2.14. The molecule has 2 rings (SSSR count). The molecule has 112 valence electrons. The molecule has 1 saturated heterocycles. The van der Waals surface area contributed by atoms with Gasteiger partial charge >= 0.3 is 0 Å². The zero-order chi connectivity index (χ0) is 14.4. The van der Waals surface area contributed by atoms with Crippen molar-refractivity contribution in [3.63, 3.8) is 0 Å². The molecule has 2 heterocycles. The van der Waals surface area contributed by atoms with Crippen LogP contribution >= 0.6 is 0 Å². The second-order valence-electron chi connectivity index (χ2n) is 5.06. The molecule has 20 heavy (non-hydrogen) atoms. The van der Waals surface area contributed by atoms with Gasteiger partial charge in [0.1, 0.15) is 0 Å². The van der Waals surface area contributed by atoms with Crippen molar-refractivity contribution >= 4 is 17.8 Å². The van der Waals surface area contributed by atoms with E-state index >= 15 is 0 Å². The van der Waals surface area contributed by atoms with E-state index in [0.717, 1.165) is 32.5 Å². The van der Waals surface area contributed by atoms with Crippen LogP contribution < -0.4 is 15.5 Å². The lowest BCUT2D eigenvalue weighted by atomic mass is 10.2. The summed E-state index contributed by atoms with van der Waals surface area (Å²) in [7, 11) is 3.84. The van der Waals surface area contributed by atoms with Crippen molar-refractivity contribution in [2.45, 2.75) is 32.3 Å². The molecule has 2 N–H and O–H groups in total. The van der Waals surface area contributed by atoms with Crippen LogP contribution in [0.2, 0.25) is 0 Å². The molecule has 0 spiro atoms. The zero-order valence-corrected chi connectivity index (χ0v) is 12.5. The van der Waals surface area contributed by atoms with Crippen molar-refractivity contribution in [1.82, 2.24) is 15.0 Å². The van der Waals surface area contributed by atoms with Crippen molar-refractivity contribution in [3.8, 4) is 0 Å². The maximum atomic E-state index is 5.60. The molecule has 1 atom stereocenters. The van der Waals surface area contributed by atoms with Crippen LogP contribution in [-0.4, -0.2) is 54.8 Å². The molecule has 1 aromatic rings. The summed E-state index contributed by atoms with van der Waals surface area (Å²) in [5.41, 5.74) is 0. The van der Waals surface area contributed by atoms with Crippen molar-refractivity contribution in [1.29, 1.82) is 0 Å². The van der Waals surface area contributed by atoms with Crippen molar-refractivity contribution in [2.24, 2.45) is 0 Å². The van der Waals surface area contributed by atoms with Crippen molar-refractivity contribution < 1.29 is 4.74 Å². The Morgan fingerprint density at radius 1 is 1.20 bits per heavy atom. The van der Waals surface area contributed by atoms with Gasteiger partial charge in [0.25, 0.3) is 0 Å². The van der Waals surface area contributed by atoms with E-state index in [2.05, 4.69) is 25.6 Å². The topological polar surface area (TPSA) is 75.2 Å². The normalized spacial score (nSPS) is 18.1. The van der Waals surface area contributed by atoms with E-state index in [1.165, 1.54) is 6.42 Å². The summed E-state index contributed by atoms with van der Waals surface area (Å²) < 4.78 is 5.60. The minimum atomic E-state index is 0.380. The van der Waals surface area contributed by atoms with E-state index in [1.807, 2.05) is 25.9 Å². The summed E-state index contributed by atoms with van der Waals surface area (Å²) in [5, 5.41) is 6.38. The Hall–Kier alpha value is -1.63. The number of hydrogen-bond acceptors (Lipinski definition) is 7. The summed E-state index contributed by atoms with van der Waals surface area (Å²) in [4.78, 5) is 15.0. The molecule has 1 aromatic heterocycles. The predicted molar refractivity (Wildman–Crippen MR) is 80.4 cm³/mol. The third-order valence-corrected chi connectivity index (χ3v) is 3.13. The van der Waals surface area contributed by atoms with Crippen LogP contribution in [-0.2, 0) is 4.74 Å². The molecule has 0 saturated carbocycles. The molecule has 7 heteroatoms. The van der Waals surface area contributed by atoms with Crippen LogP contribution in [0.4, 0.5) is 17.8 Å². The van der Waals surface area contributed by atoms with Gasteiger partial charge in [-0.25, -0.2) is 0 Å². The maximum Gasteiger partial charge on any atom is 0.231 e. The van der Waals surface area contributed by atoms with Gasteiger partial charge in [0.05, 0.1) is 6.10 Å². The maximum absolute atomic E-state index is 5.60. The first-order valence-corrected chi connectivity index (χ1v) is 7.21. The fourth-order valence-corrected chi connectivity index (χ4v) is 2.10. The first-order chi connectivity index (χ1) is 9.69. The number of rotatable bonds is 7. The Balaban J connectivity index is 1.94. The summed E-state index contributed by atoms with van der Waals surface area (Å²) >= 11 is 0. The van der Waals surface area contributed by atoms with Gasteiger partial charge in [-0.1, -0.05) is 0 Å². The number of aromatic nitrogens is 3. The third kappa shape index (κ3) is 4.19. The SMILES string of the molecule is CCNc1nc(NCCC2CCCO2)nc(N(C)C)n1. The fourth-order valence-electron chi connectivity index (χ4n) is 2.10. The van der Waals surface area contributed by atoms with E-state index in [1.54, 1.807) is 0 Å². The van der Waals surface area contributed by atoms with E-state index in [4.69, 9.17) is 4.74 Å². The molecule has 1 aliphatic rings. The van der Waals surface area contributed by atoms with Crippen LogP contribution in [0.5, 0.6) is 0 Å². The molecular weight excluding hydrogens is 256 g/mol. The number of nitrogens with one attached hydrogen (secondary N) is 2. The minimum Gasteiger partial charge on any atom is -0.378 e. The monoisotopic (exact) mass is 280 g/mol. The highest BCUT2D eigenvalue weighted by Gasteiger charge is 2.15. The van der Waals surface area contributed by atoms with Crippen molar-refractivity contribution in [3.05, 3.63) is 0 Å². The summed E-state index contributed by atoms with van der Waals surface area (Å²) in [6, 6.07) is 0. The van der Waals surface area contributed by atoms with Gasteiger partial charge in [-0.15, -0.1) is 0 Å². The van der Waals surface area contributed by atoms with Gasteiger partial charge in [-0.2, -0.15) is 15.0 Å². The molecule has 1 aliphatic heterocycles. The molecule has 0 amide bonds. The fraction of sp³-hybridized carbons (Fsp3) is 0.769. The van der Waals surface area contributed by atoms with Gasteiger partial charge in [0, 0.05) is 33.8 Å². The first kappa shape index (κ1) is 14.8. The van der Waals surface area contributed by atoms with Gasteiger partial charge in [0.15, 0.2) is 0 Å². The molecule has 1 unspecified atom stereocenters. The second kappa shape index (κ2) is 7.23. The highest BCUT2D eigenvalue weighted by molar-refractivity contribution is 5.42. The molecule has 7 nitrogen and oxygen atoms in total. The summed E-state index contributed by atoms with van der Waals surface area (Å²) in [6.45, 7) is 4.51. The first-order valence-electron chi connectivity index (χ1n) is 7.21. The van der Waals surface area contributed by atoms with Crippen molar-refractivity contribution in [2.75, 3.05) is 49.3 Å². The molecular formula is C13H24N6O. The molecule has 0 aliphatic carbocycles. The smallest absolute Gasteiger partial charge is 0.231 e. The lowest BCUT2D eigenvalue weighted by Crippen LogP contribution is -2.18. The van der Waals surface area contributed by atoms with E-state index in [0.29, 0.717) is 23.9 Å². The van der Waals surface area contributed by atoms with E-state index in [-0.39, 0.29) is 0 Å². The van der Waals surface area contributed by atoms with Crippen LogP contribution in [0.1, 0.15) is 26.2 Å². The number of ether oxygens (including phenoxy) is 1. The van der Waals surface area contributed by atoms with E-state index < -0.39 is 0 Å². The van der Waals surface area contributed by atoms with Gasteiger partial charge in [-0.05, 0) is 26.2 Å². The van der Waals surface area contributed by atoms with Crippen LogP contribution in [0, 0.1) is 0 Å². The Morgan fingerprint density at radius 2 is 1.95 bits per heavy atom. The Labute approximate surface area is 120 Å². The Bertz CT molecular complexity index is 419. The quantitative estimate of drug-likeness (QED) is 0.780. The Morgan fingerprint density at radius 3 is 2.55 bits per heavy atom. The van der Waals surface area contributed by atoms with Crippen LogP contribution in [0.25, 0.3) is 0 Å². The number of hydrogen-bond donors (Lipinski definition) is 2. The second-order valence-corrected chi connectivity index (χ2v) is 5.06. The van der Waals surface area contributed by atoms with Crippen LogP contribution in [0.3, 0.4) is 0 Å². The highest BCUT2D eigenvalue weighted by atomic mass is 16.5. The zero-order valence-electron chi connectivity index (χ0n) is 12.5. The van der Waals surface area contributed by atoms with Gasteiger partial charge in [0.2, 0.25) is 17.8 Å². The summed E-state index contributed by atoms with van der Waals surface area (Å²) in [5.74, 6) is 1.86. The average Bonchev–Trinajstić information content (AvgIpc) is 2.92. The lowest BCUT2D eigenvalue weighted by molar-refractivity contribution is 0.107. The number of nitrogens with zero attached hydrogens (tertiary/aromatic N) is 4. The van der Waals surface area contributed by atoms with Gasteiger partial charge in [-0.3, -0.25) is 0 Å². The van der Waals surface area contributed by atoms with Crippen LogP contribution in [0.15, 0.2) is 0 Å². The van der Waals surface area contributed by atoms with Gasteiger partial charge < -0.3 is 20.3 Å². The minimum absolute atomic E-state index is 0.380. The molecule has 1 fully saturated rings. The largest absolute Gasteiger partial charge is 0.378 e. The average molecular weight is 280 g/mol. The predicted octanol–water partition coefficient (Wildman–Crippen LogP) is 1.35. The molecule has 0 aromatic carbocycles. The summed E-state index contributed by atoms with van der Waals surface area (Å²) in [6.07, 6.45) is 3.70. The van der Waals surface area contributed by atoms with E-state index in [9.17, 15) is 0 Å². The standard InChI is InChI=1S/C13H24N6O/c1-4-14-11-16-12(18-13(17-11)19(2)3)15-8-7-10-6-5-9-20-10/h10H,4-9H2,1-3H3,(H2,14,15,16,17,18). The molecule has 0 radical (unpaired) electrons.